The number of carbonyl (C=O) groups is 1. The highest BCUT2D eigenvalue weighted by Gasteiger charge is 2.12. The number of esters is 1. The summed E-state index contributed by atoms with van der Waals surface area (Å²) in [5.74, 6) is -0.281. The molecule has 0 amide bonds. The molecule has 1 rings (SSSR count). The van der Waals surface area contributed by atoms with E-state index < -0.39 is 0 Å². The van der Waals surface area contributed by atoms with Crippen LogP contribution in [0, 0.1) is 6.92 Å². The first-order valence-corrected chi connectivity index (χ1v) is 4.46. The third-order valence-corrected chi connectivity index (χ3v) is 2.40. The summed E-state index contributed by atoms with van der Waals surface area (Å²) < 4.78 is 5.67. The Morgan fingerprint density at radius 2 is 2.42 bits per heavy atom. The van der Waals surface area contributed by atoms with E-state index >= 15 is 0 Å². The van der Waals surface area contributed by atoms with E-state index in [9.17, 15) is 4.79 Å². The van der Waals surface area contributed by atoms with Crippen LogP contribution in [0.3, 0.4) is 0 Å². The van der Waals surface area contributed by atoms with Crippen LogP contribution in [-0.2, 0) is 4.74 Å². The molecule has 0 aromatic carbocycles. The third-order valence-electron chi connectivity index (χ3n) is 1.57. The SMILES string of the molecule is CCOC(=O)c1c[nH]c(Br)c1C. The molecule has 0 aliphatic rings. The Bertz CT molecular complexity index is 293. The van der Waals surface area contributed by atoms with Gasteiger partial charge in [0.15, 0.2) is 0 Å². The number of hydrogen-bond acceptors (Lipinski definition) is 2. The summed E-state index contributed by atoms with van der Waals surface area (Å²) in [6.07, 6.45) is 1.64. The van der Waals surface area contributed by atoms with Gasteiger partial charge in [-0.05, 0) is 35.3 Å². The normalized spacial score (nSPS) is 9.92. The van der Waals surface area contributed by atoms with Crippen LogP contribution >= 0.6 is 15.9 Å². The maximum absolute atomic E-state index is 11.2. The minimum Gasteiger partial charge on any atom is -0.462 e. The van der Waals surface area contributed by atoms with Gasteiger partial charge in [-0.1, -0.05) is 0 Å². The van der Waals surface area contributed by atoms with Crippen molar-refractivity contribution >= 4 is 21.9 Å². The number of H-pyrrole nitrogens is 1. The van der Waals surface area contributed by atoms with Gasteiger partial charge in [0.2, 0.25) is 0 Å². The molecule has 0 spiro atoms. The molecule has 0 saturated carbocycles. The van der Waals surface area contributed by atoms with E-state index in [2.05, 4.69) is 20.9 Å². The zero-order valence-corrected chi connectivity index (χ0v) is 8.56. The molecule has 4 heteroatoms. The number of carbonyl (C=O) groups excluding carboxylic acids is 1. The summed E-state index contributed by atoms with van der Waals surface area (Å²) in [4.78, 5) is 14.1. The molecule has 0 bridgehead atoms. The van der Waals surface area contributed by atoms with E-state index in [4.69, 9.17) is 4.74 Å². The van der Waals surface area contributed by atoms with Crippen molar-refractivity contribution in [2.24, 2.45) is 0 Å². The van der Waals surface area contributed by atoms with Crippen molar-refractivity contribution in [3.63, 3.8) is 0 Å². The van der Waals surface area contributed by atoms with Gasteiger partial charge in [-0.25, -0.2) is 4.79 Å². The van der Waals surface area contributed by atoms with E-state index in [1.165, 1.54) is 0 Å². The largest absolute Gasteiger partial charge is 0.462 e. The molecule has 0 radical (unpaired) electrons. The van der Waals surface area contributed by atoms with Crippen LogP contribution < -0.4 is 0 Å². The maximum atomic E-state index is 11.2. The summed E-state index contributed by atoms with van der Waals surface area (Å²) in [7, 11) is 0. The van der Waals surface area contributed by atoms with Crippen LogP contribution in [0.25, 0.3) is 0 Å². The Balaban J connectivity index is 2.88. The molecule has 0 aliphatic carbocycles. The standard InChI is InChI=1S/C8H10BrNO2/c1-3-12-8(11)6-4-10-7(9)5(6)2/h4,10H,3H2,1-2H3. The fraction of sp³-hybridized carbons (Fsp3) is 0.375. The lowest BCUT2D eigenvalue weighted by molar-refractivity contribution is 0.0526. The summed E-state index contributed by atoms with van der Waals surface area (Å²) in [6.45, 7) is 4.04. The zero-order valence-electron chi connectivity index (χ0n) is 6.98. The molecule has 1 N–H and O–H groups in total. The molecular formula is C8H10BrNO2. The van der Waals surface area contributed by atoms with E-state index in [1.54, 1.807) is 13.1 Å². The Kier molecular flexibility index (Phi) is 2.92. The molecule has 0 unspecified atom stereocenters. The number of hydrogen-bond donors (Lipinski definition) is 1. The summed E-state index contributed by atoms with van der Waals surface area (Å²) in [5, 5.41) is 0. The molecule has 1 heterocycles. The number of aromatic nitrogens is 1. The van der Waals surface area contributed by atoms with E-state index in [0.29, 0.717) is 12.2 Å². The molecule has 12 heavy (non-hydrogen) atoms. The molecule has 3 nitrogen and oxygen atoms in total. The van der Waals surface area contributed by atoms with Gasteiger partial charge in [0.1, 0.15) is 0 Å². The first kappa shape index (κ1) is 9.32. The average Bonchev–Trinajstić information content (AvgIpc) is 2.34. The van der Waals surface area contributed by atoms with Crippen molar-refractivity contribution in [2.75, 3.05) is 6.61 Å². The van der Waals surface area contributed by atoms with E-state index in [0.717, 1.165) is 10.2 Å². The third kappa shape index (κ3) is 1.69. The van der Waals surface area contributed by atoms with Crippen LogP contribution in [0.15, 0.2) is 10.8 Å². The van der Waals surface area contributed by atoms with Gasteiger partial charge in [-0.15, -0.1) is 0 Å². The lowest BCUT2D eigenvalue weighted by atomic mass is 10.2. The molecule has 0 fully saturated rings. The molecular weight excluding hydrogens is 222 g/mol. The second kappa shape index (κ2) is 3.76. The highest BCUT2D eigenvalue weighted by molar-refractivity contribution is 9.10. The molecule has 0 aliphatic heterocycles. The molecule has 1 aromatic heterocycles. The lowest BCUT2D eigenvalue weighted by Gasteiger charge is -1.99. The monoisotopic (exact) mass is 231 g/mol. The van der Waals surface area contributed by atoms with Gasteiger partial charge in [0.25, 0.3) is 0 Å². The topological polar surface area (TPSA) is 42.1 Å². The fourth-order valence-corrected chi connectivity index (χ4v) is 1.22. The van der Waals surface area contributed by atoms with Crippen LogP contribution in [0.2, 0.25) is 0 Å². The van der Waals surface area contributed by atoms with Crippen molar-refractivity contribution in [3.8, 4) is 0 Å². The number of ether oxygens (including phenoxy) is 1. The quantitative estimate of drug-likeness (QED) is 0.794. The number of nitrogens with one attached hydrogen (secondary N) is 1. The highest BCUT2D eigenvalue weighted by atomic mass is 79.9. The zero-order chi connectivity index (χ0) is 9.14. The van der Waals surface area contributed by atoms with Crippen molar-refractivity contribution in [3.05, 3.63) is 21.9 Å². The summed E-state index contributed by atoms with van der Waals surface area (Å²) >= 11 is 3.27. The van der Waals surface area contributed by atoms with Gasteiger partial charge in [-0.3, -0.25) is 0 Å². The van der Waals surface area contributed by atoms with Gasteiger partial charge in [0, 0.05) is 6.20 Å². The lowest BCUT2D eigenvalue weighted by Crippen LogP contribution is -2.04. The van der Waals surface area contributed by atoms with E-state index in [1.807, 2.05) is 6.92 Å². The molecule has 0 saturated heterocycles. The van der Waals surface area contributed by atoms with Crippen molar-refractivity contribution in [2.45, 2.75) is 13.8 Å². The highest BCUT2D eigenvalue weighted by Crippen LogP contribution is 2.18. The van der Waals surface area contributed by atoms with Gasteiger partial charge in [-0.2, -0.15) is 0 Å². The van der Waals surface area contributed by atoms with Gasteiger partial charge < -0.3 is 9.72 Å². The molecule has 66 valence electrons. The van der Waals surface area contributed by atoms with Crippen LogP contribution in [0.1, 0.15) is 22.8 Å². The summed E-state index contributed by atoms with van der Waals surface area (Å²) in [5.41, 5.74) is 1.47. The number of rotatable bonds is 2. The predicted molar refractivity (Wildman–Crippen MR) is 49.2 cm³/mol. The van der Waals surface area contributed by atoms with Crippen molar-refractivity contribution < 1.29 is 9.53 Å². The Morgan fingerprint density at radius 1 is 1.75 bits per heavy atom. The predicted octanol–water partition coefficient (Wildman–Crippen LogP) is 2.26. The summed E-state index contributed by atoms with van der Waals surface area (Å²) in [6, 6.07) is 0. The Labute approximate surface area is 79.2 Å². The van der Waals surface area contributed by atoms with Gasteiger partial charge in [0.05, 0.1) is 16.8 Å². The average molecular weight is 232 g/mol. The smallest absolute Gasteiger partial charge is 0.339 e. The van der Waals surface area contributed by atoms with Crippen molar-refractivity contribution in [1.82, 2.24) is 4.98 Å². The van der Waals surface area contributed by atoms with Crippen LogP contribution in [-0.4, -0.2) is 17.6 Å². The van der Waals surface area contributed by atoms with E-state index in [-0.39, 0.29) is 5.97 Å². The first-order chi connectivity index (χ1) is 5.66. The fourth-order valence-electron chi connectivity index (χ4n) is 0.891. The minimum absolute atomic E-state index is 0.281. The second-order valence-corrected chi connectivity index (χ2v) is 3.15. The van der Waals surface area contributed by atoms with Gasteiger partial charge >= 0.3 is 5.97 Å². The van der Waals surface area contributed by atoms with Crippen molar-refractivity contribution in [1.29, 1.82) is 0 Å². The minimum atomic E-state index is -0.281. The number of aromatic amines is 1. The second-order valence-electron chi connectivity index (χ2n) is 2.36. The molecule has 0 atom stereocenters. The molecule has 1 aromatic rings. The Hall–Kier alpha value is -0.770. The maximum Gasteiger partial charge on any atom is 0.339 e. The first-order valence-electron chi connectivity index (χ1n) is 3.67. The van der Waals surface area contributed by atoms with Crippen LogP contribution in [0.4, 0.5) is 0 Å². The Morgan fingerprint density at radius 3 is 2.83 bits per heavy atom. The van der Waals surface area contributed by atoms with Crippen LogP contribution in [0.5, 0.6) is 0 Å². The number of halogens is 1.